The Labute approximate surface area is 152 Å². The van der Waals surface area contributed by atoms with Crippen molar-refractivity contribution >= 4 is 17.3 Å². The summed E-state index contributed by atoms with van der Waals surface area (Å²) in [5, 5.41) is 14.6. The van der Waals surface area contributed by atoms with Gasteiger partial charge in [0.1, 0.15) is 5.60 Å². The Morgan fingerprint density at radius 3 is 2.62 bits per heavy atom. The molecule has 26 heavy (non-hydrogen) atoms. The van der Waals surface area contributed by atoms with Crippen LogP contribution in [0.2, 0.25) is 0 Å². The molecule has 0 bridgehead atoms. The van der Waals surface area contributed by atoms with Gasteiger partial charge in [-0.2, -0.15) is 10.2 Å². The highest BCUT2D eigenvalue weighted by Gasteiger charge is 2.15. The molecular weight excluding hydrogens is 332 g/mol. The van der Waals surface area contributed by atoms with Crippen LogP contribution in [0, 0.1) is 0 Å². The zero-order valence-corrected chi connectivity index (χ0v) is 15.5. The lowest BCUT2D eigenvalue weighted by molar-refractivity contribution is 0.0530. The largest absolute Gasteiger partial charge is 0.444 e. The van der Waals surface area contributed by atoms with Gasteiger partial charge in [0, 0.05) is 43.7 Å². The van der Waals surface area contributed by atoms with E-state index in [4.69, 9.17) is 4.74 Å². The molecule has 3 aromatic heterocycles. The molecular formula is C18H24N6O2. The van der Waals surface area contributed by atoms with Crippen molar-refractivity contribution < 1.29 is 9.53 Å². The van der Waals surface area contributed by atoms with Gasteiger partial charge in [0.25, 0.3) is 0 Å². The van der Waals surface area contributed by atoms with Gasteiger partial charge in [-0.05, 0) is 26.8 Å². The molecule has 0 aromatic carbocycles. The molecule has 0 fully saturated rings. The van der Waals surface area contributed by atoms with Gasteiger partial charge in [0.2, 0.25) is 0 Å². The monoisotopic (exact) mass is 356 g/mol. The maximum Gasteiger partial charge on any atom is 0.407 e. The minimum Gasteiger partial charge on any atom is -0.444 e. The minimum absolute atomic E-state index is 0.416. The van der Waals surface area contributed by atoms with Crippen molar-refractivity contribution in [2.45, 2.75) is 26.4 Å². The van der Waals surface area contributed by atoms with Crippen molar-refractivity contribution in [3.63, 3.8) is 0 Å². The molecule has 2 N–H and O–H groups in total. The molecule has 0 spiro atoms. The zero-order chi connectivity index (χ0) is 18.7. The number of nitrogens with one attached hydrogen (secondary N) is 2. The van der Waals surface area contributed by atoms with Crippen LogP contribution in [0.15, 0.2) is 36.9 Å². The number of pyridine rings is 1. The second-order valence-electron chi connectivity index (χ2n) is 7.06. The van der Waals surface area contributed by atoms with Gasteiger partial charge < -0.3 is 15.4 Å². The van der Waals surface area contributed by atoms with Crippen molar-refractivity contribution in [1.82, 2.24) is 24.7 Å². The van der Waals surface area contributed by atoms with E-state index in [9.17, 15) is 4.79 Å². The Morgan fingerprint density at radius 1 is 1.12 bits per heavy atom. The Bertz CT molecular complexity index is 906. The van der Waals surface area contributed by atoms with Gasteiger partial charge in [-0.25, -0.2) is 9.31 Å². The molecule has 0 aliphatic carbocycles. The highest BCUT2D eigenvalue weighted by atomic mass is 16.6. The molecule has 0 atom stereocenters. The SMILES string of the molecule is Cn1cc(-c2ccc3c(NCCNC(=O)OC(C)(C)C)cnn3c2)cn1. The van der Waals surface area contributed by atoms with Crippen molar-refractivity contribution in [3.05, 3.63) is 36.9 Å². The summed E-state index contributed by atoms with van der Waals surface area (Å²) in [6.45, 7) is 6.54. The molecule has 3 aromatic rings. The average molecular weight is 356 g/mol. The average Bonchev–Trinajstić information content (AvgIpc) is 3.16. The molecule has 138 valence electrons. The van der Waals surface area contributed by atoms with Crippen LogP contribution in [0.4, 0.5) is 10.5 Å². The quantitative estimate of drug-likeness (QED) is 0.687. The first-order valence-corrected chi connectivity index (χ1v) is 8.49. The number of nitrogens with zero attached hydrogens (tertiary/aromatic N) is 4. The first-order valence-electron chi connectivity index (χ1n) is 8.49. The normalized spacial score (nSPS) is 11.5. The molecule has 3 heterocycles. The number of carbonyl (C=O) groups is 1. The molecule has 1 amide bonds. The Hall–Kier alpha value is -3.03. The summed E-state index contributed by atoms with van der Waals surface area (Å²) < 4.78 is 8.80. The maximum atomic E-state index is 11.6. The van der Waals surface area contributed by atoms with E-state index in [0.29, 0.717) is 13.1 Å². The zero-order valence-electron chi connectivity index (χ0n) is 15.5. The number of alkyl carbamates (subject to hydrolysis) is 1. The van der Waals surface area contributed by atoms with Crippen molar-refractivity contribution in [2.24, 2.45) is 7.05 Å². The van der Waals surface area contributed by atoms with E-state index in [1.165, 1.54) is 0 Å². The molecule has 3 rings (SSSR count). The summed E-state index contributed by atoms with van der Waals surface area (Å²) in [6.07, 6.45) is 7.12. The molecule has 0 aliphatic rings. The number of anilines is 1. The number of hydrogen-bond donors (Lipinski definition) is 2. The van der Waals surface area contributed by atoms with Gasteiger partial charge in [0.15, 0.2) is 0 Å². The van der Waals surface area contributed by atoms with E-state index in [1.807, 2.05) is 63.1 Å². The molecule has 0 unspecified atom stereocenters. The van der Waals surface area contributed by atoms with Crippen LogP contribution in [0.5, 0.6) is 0 Å². The predicted molar refractivity (Wildman–Crippen MR) is 100 cm³/mol. The van der Waals surface area contributed by atoms with E-state index in [0.717, 1.165) is 22.3 Å². The van der Waals surface area contributed by atoms with Gasteiger partial charge in [-0.15, -0.1) is 0 Å². The van der Waals surface area contributed by atoms with Gasteiger partial charge in [-0.1, -0.05) is 6.07 Å². The number of aryl methyl sites for hydroxylation is 1. The van der Waals surface area contributed by atoms with Gasteiger partial charge in [0.05, 0.1) is 23.6 Å². The summed E-state index contributed by atoms with van der Waals surface area (Å²) in [6, 6.07) is 4.05. The van der Waals surface area contributed by atoms with Crippen LogP contribution in [0.1, 0.15) is 20.8 Å². The first-order chi connectivity index (χ1) is 12.3. The highest BCUT2D eigenvalue weighted by molar-refractivity contribution is 5.74. The van der Waals surface area contributed by atoms with Crippen LogP contribution in [-0.4, -0.2) is 44.2 Å². The third-order valence-electron chi connectivity index (χ3n) is 3.66. The molecule has 0 aliphatic heterocycles. The van der Waals surface area contributed by atoms with Crippen LogP contribution < -0.4 is 10.6 Å². The molecule has 0 radical (unpaired) electrons. The van der Waals surface area contributed by atoms with Gasteiger partial charge >= 0.3 is 6.09 Å². The maximum absolute atomic E-state index is 11.6. The number of aromatic nitrogens is 4. The van der Waals surface area contributed by atoms with Gasteiger partial charge in [-0.3, -0.25) is 4.68 Å². The van der Waals surface area contributed by atoms with Crippen LogP contribution in [0.25, 0.3) is 16.6 Å². The van der Waals surface area contributed by atoms with Crippen molar-refractivity contribution in [3.8, 4) is 11.1 Å². The predicted octanol–water partition coefficient (Wildman–Crippen LogP) is 2.67. The highest BCUT2D eigenvalue weighted by Crippen LogP contribution is 2.22. The summed E-state index contributed by atoms with van der Waals surface area (Å²) in [5.41, 5.74) is 3.47. The fourth-order valence-corrected chi connectivity index (χ4v) is 2.54. The molecule has 0 saturated carbocycles. The smallest absolute Gasteiger partial charge is 0.407 e. The first kappa shape index (κ1) is 17.8. The molecule has 0 saturated heterocycles. The van der Waals surface area contributed by atoms with E-state index < -0.39 is 11.7 Å². The van der Waals surface area contributed by atoms with E-state index in [-0.39, 0.29) is 0 Å². The fourth-order valence-electron chi connectivity index (χ4n) is 2.54. The van der Waals surface area contributed by atoms with E-state index in [1.54, 1.807) is 10.9 Å². The third-order valence-corrected chi connectivity index (χ3v) is 3.66. The number of fused-ring (bicyclic) bond motifs is 1. The Morgan fingerprint density at radius 2 is 1.92 bits per heavy atom. The van der Waals surface area contributed by atoms with Crippen LogP contribution in [-0.2, 0) is 11.8 Å². The minimum atomic E-state index is -0.494. The van der Waals surface area contributed by atoms with E-state index in [2.05, 4.69) is 20.8 Å². The van der Waals surface area contributed by atoms with E-state index >= 15 is 0 Å². The summed E-state index contributed by atoms with van der Waals surface area (Å²) in [5.74, 6) is 0. The van der Waals surface area contributed by atoms with Crippen LogP contribution in [0.3, 0.4) is 0 Å². The number of carbonyl (C=O) groups excluding carboxylic acids is 1. The fraction of sp³-hybridized carbons (Fsp3) is 0.389. The lowest BCUT2D eigenvalue weighted by atomic mass is 10.1. The van der Waals surface area contributed by atoms with Crippen molar-refractivity contribution in [1.29, 1.82) is 0 Å². The summed E-state index contributed by atoms with van der Waals surface area (Å²) >= 11 is 0. The lowest BCUT2D eigenvalue weighted by Crippen LogP contribution is -2.34. The Kier molecular flexibility index (Phi) is 4.83. The number of rotatable bonds is 5. The van der Waals surface area contributed by atoms with Crippen LogP contribution >= 0.6 is 0 Å². The second-order valence-corrected chi connectivity index (χ2v) is 7.06. The standard InChI is InChI=1S/C18H24N6O2/c1-18(2,3)26-17(25)20-8-7-19-15-10-22-24-12-13(5-6-16(15)24)14-9-21-23(4)11-14/h5-6,9-12,19H,7-8H2,1-4H3,(H,20,25). The molecule has 8 heteroatoms. The van der Waals surface area contributed by atoms with Crippen molar-refractivity contribution in [2.75, 3.05) is 18.4 Å². The number of amides is 1. The third kappa shape index (κ3) is 4.33. The Balaban J connectivity index is 1.58. The number of hydrogen-bond acceptors (Lipinski definition) is 5. The summed E-state index contributed by atoms with van der Waals surface area (Å²) in [7, 11) is 1.89. The number of ether oxygens (including phenoxy) is 1. The lowest BCUT2D eigenvalue weighted by Gasteiger charge is -2.19. The summed E-state index contributed by atoms with van der Waals surface area (Å²) in [4.78, 5) is 11.6. The molecule has 8 nitrogen and oxygen atoms in total. The topological polar surface area (TPSA) is 85.5 Å². The second kappa shape index (κ2) is 7.07.